The molecule has 1 N–H and O–H groups in total. The highest BCUT2D eigenvalue weighted by atomic mass is 16.6. The van der Waals surface area contributed by atoms with Crippen molar-refractivity contribution in [2.24, 2.45) is 10.2 Å². The van der Waals surface area contributed by atoms with Gasteiger partial charge in [-0.15, -0.1) is 0 Å². The van der Waals surface area contributed by atoms with Crippen LogP contribution in [0.4, 0.5) is 17.1 Å². The lowest BCUT2D eigenvalue weighted by Crippen LogP contribution is -2.35. The maximum Gasteiger partial charge on any atom is 0.269 e. The maximum atomic E-state index is 10.6. The van der Waals surface area contributed by atoms with E-state index >= 15 is 0 Å². The molecule has 1 heterocycles. The number of ether oxygens (including phenoxy) is 1. The highest BCUT2D eigenvalue weighted by Crippen LogP contribution is 2.27. The number of phenolic OH excluding ortho intramolecular Hbond substituents is 1. The summed E-state index contributed by atoms with van der Waals surface area (Å²) in [6.45, 7) is 3.67. The number of non-ortho nitro benzene ring substituents is 1. The van der Waals surface area contributed by atoms with Crippen molar-refractivity contribution in [3.05, 3.63) is 58.1 Å². The standard InChI is InChI=1S/C17H18N4O4/c22-17-6-3-15(11-13(17)12-20-7-9-25-10-8-20)19-18-14-1-4-16(5-2-14)21(23)24/h1-6,11,22H,7-10,12H2. The number of nitrogens with zero attached hydrogens (tertiary/aromatic N) is 4. The molecule has 8 nitrogen and oxygen atoms in total. The molecule has 0 unspecified atom stereocenters. The molecule has 1 aliphatic heterocycles. The Morgan fingerprint density at radius 2 is 1.72 bits per heavy atom. The molecular formula is C17H18N4O4. The van der Waals surface area contributed by atoms with Gasteiger partial charge in [-0.2, -0.15) is 10.2 Å². The summed E-state index contributed by atoms with van der Waals surface area (Å²) in [6.07, 6.45) is 0. The SMILES string of the molecule is O=[N+]([O-])c1ccc(N=Nc2ccc(O)c(CN3CCOCC3)c2)cc1. The van der Waals surface area contributed by atoms with E-state index in [2.05, 4.69) is 15.1 Å². The van der Waals surface area contributed by atoms with Crippen molar-refractivity contribution < 1.29 is 14.8 Å². The molecular weight excluding hydrogens is 324 g/mol. The molecule has 0 bridgehead atoms. The summed E-state index contributed by atoms with van der Waals surface area (Å²) in [5, 5.41) is 28.9. The van der Waals surface area contributed by atoms with Gasteiger partial charge in [-0.25, -0.2) is 0 Å². The molecule has 2 aromatic rings. The third kappa shape index (κ3) is 4.59. The van der Waals surface area contributed by atoms with Crippen LogP contribution in [0, 0.1) is 10.1 Å². The number of benzene rings is 2. The van der Waals surface area contributed by atoms with Gasteiger partial charge in [0.1, 0.15) is 5.75 Å². The summed E-state index contributed by atoms with van der Waals surface area (Å²) in [4.78, 5) is 12.4. The number of morpholine rings is 1. The van der Waals surface area contributed by atoms with E-state index in [4.69, 9.17) is 4.74 Å². The summed E-state index contributed by atoms with van der Waals surface area (Å²) in [5.74, 6) is 0.223. The molecule has 8 heteroatoms. The Balaban J connectivity index is 1.71. The number of nitro groups is 1. The van der Waals surface area contributed by atoms with Gasteiger partial charge < -0.3 is 9.84 Å². The van der Waals surface area contributed by atoms with Crippen LogP contribution < -0.4 is 0 Å². The zero-order valence-electron chi connectivity index (χ0n) is 13.5. The summed E-state index contributed by atoms with van der Waals surface area (Å²) in [6, 6.07) is 10.9. The molecule has 3 rings (SSSR count). The number of rotatable bonds is 5. The highest BCUT2D eigenvalue weighted by Gasteiger charge is 2.13. The summed E-state index contributed by atoms with van der Waals surface area (Å²) in [5.41, 5.74) is 1.92. The maximum absolute atomic E-state index is 10.6. The van der Waals surface area contributed by atoms with Crippen molar-refractivity contribution >= 4 is 17.1 Å². The van der Waals surface area contributed by atoms with Crippen LogP contribution in [-0.4, -0.2) is 41.2 Å². The topological polar surface area (TPSA) is 101 Å². The number of nitro benzene ring substituents is 1. The second-order valence-electron chi connectivity index (χ2n) is 5.68. The average Bonchev–Trinajstić information content (AvgIpc) is 2.63. The van der Waals surface area contributed by atoms with Crippen molar-refractivity contribution in [2.75, 3.05) is 26.3 Å². The second-order valence-corrected chi connectivity index (χ2v) is 5.68. The monoisotopic (exact) mass is 342 g/mol. The fraction of sp³-hybridized carbons (Fsp3) is 0.294. The van der Waals surface area contributed by atoms with Crippen LogP contribution in [0.15, 0.2) is 52.7 Å². The Labute approximate surface area is 144 Å². The molecule has 0 atom stereocenters. The van der Waals surface area contributed by atoms with E-state index in [1.54, 1.807) is 18.2 Å². The van der Waals surface area contributed by atoms with Crippen LogP contribution in [0.3, 0.4) is 0 Å². The van der Waals surface area contributed by atoms with Gasteiger partial charge in [0.2, 0.25) is 0 Å². The molecule has 0 saturated carbocycles. The molecule has 25 heavy (non-hydrogen) atoms. The largest absolute Gasteiger partial charge is 0.508 e. The number of hydrogen-bond donors (Lipinski definition) is 1. The zero-order valence-corrected chi connectivity index (χ0v) is 13.5. The molecule has 1 saturated heterocycles. The van der Waals surface area contributed by atoms with E-state index in [1.165, 1.54) is 24.3 Å². The van der Waals surface area contributed by atoms with Crippen molar-refractivity contribution in [3.8, 4) is 5.75 Å². The van der Waals surface area contributed by atoms with E-state index in [0.29, 0.717) is 31.1 Å². The third-order valence-corrected chi connectivity index (χ3v) is 3.90. The van der Waals surface area contributed by atoms with Crippen LogP contribution in [0.1, 0.15) is 5.56 Å². The summed E-state index contributed by atoms with van der Waals surface area (Å²) < 4.78 is 5.32. The highest BCUT2D eigenvalue weighted by molar-refractivity contribution is 5.48. The number of aromatic hydroxyl groups is 1. The quantitative estimate of drug-likeness (QED) is 0.509. The fourth-order valence-corrected chi connectivity index (χ4v) is 2.52. The minimum Gasteiger partial charge on any atom is -0.508 e. The van der Waals surface area contributed by atoms with Crippen LogP contribution in [0.25, 0.3) is 0 Å². The summed E-state index contributed by atoms with van der Waals surface area (Å²) >= 11 is 0. The minimum atomic E-state index is -0.460. The van der Waals surface area contributed by atoms with Crippen LogP contribution >= 0.6 is 0 Å². The van der Waals surface area contributed by atoms with Crippen LogP contribution in [0.2, 0.25) is 0 Å². The van der Waals surface area contributed by atoms with Gasteiger partial charge in [0.05, 0.1) is 29.5 Å². The molecule has 2 aromatic carbocycles. The smallest absolute Gasteiger partial charge is 0.269 e. The van der Waals surface area contributed by atoms with Crippen molar-refractivity contribution in [1.82, 2.24) is 4.90 Å². The average molecular weight is 342 g/mol. The van der Waals surface area contributed by atoms with Gasteiger partial charge in [-0.3, -0.25) is 15.0 Å². The molecule has 130 valence electrons. The molecule has 0 radical (unpaired) electrons. The van der Waals surface area contributed by atoms with Crippen LogP contribution in [0.5, 0.6) is 5.75 Å². The van der Waals surface area contributed by atoms with Gasteiger partial charge in [0.15, 0.2) is 0 Å². The van der Waals surface area contributed by atoms with Gasteiger partial charge in [0.25, 0.3) is 5.69 Å². The normalized spacial score (nSPS) is 15.5. The predicted molar refractivity (Wildman–Crippen MR) is 91.5 cm³/mol. The number of hydrogen-bond acceptors (Lipinski definition) is 7. The van der Waals surface area contributed by atoms with Gasteiger partial charge >= 0.3 is 0 Å². The third-order valence-electron chi connectivity index (χ3n) is 3.90. The Kier molecular flexibility index (Phi) is 5.32. The van der Waals surface area contributed by atoms with Gasteiger partial charge in [-0.05, 0) is 30.3 Å². The van der Waals surface area contributed by atoms with E-state index in [-0.39, 0.29) is 11.4 Å². The van der Waals surface area contributed by atoms with Crippen molar-refractivity contribution in [1.29, 1.82) is 0 Å². The first-order valence-electron chi connectivity index (χ1n) is 7.90. The fourth-order valence-electron chi connectivity index (χ4n) is 2.52. The molecule has 0 aromatic heterocycles. The van der Waals surface area contributed by atoms with Gasteiger partial charge in [-0.1, -0.05) is 0 Å². The Morgan fingerprint density at radius 1 is 1.08 bits per heavy atom. The van der Waals surface area contributed by atoms with Gasteiger partial charge in [0, 0.05) is 37.3 Å². The summed E-state index contributed by atoms with van der Waals surface area (Å²) in [7, 11) is 0. The number of phenols is 1. The molecule has 0 amide bonds. The van der Waals surface area contributed by atoms with E-state index in [1.807, 2.05) is 0 Å². The van der Waals surface area contributed by atoms with E-state index in [0.717, 1.165) is 18.7 Å². The zero-order chi connectivity index (χ0) is 17.6. The van der Waals surface area contributed by atoms with E-state index in [9.17, 15) is 15.2 Å². The molecule has 0 spiro atoms. The molecule has 0 aliphatic carbocycles. The minimum absolute atomic E-state index is 0.0105. The Bertz CT molecular complexity index is 771. The lowest BCUT2D eigenvalue weighted by atomic mass is 10.1. The van der Waals surface area contributed by atoms with Crippen molar-refractivity contribution in [3.63, 3.8) is 0 Å². The van der Waals surface area contributed by atoms with Crippen molar-refractivity contribution in [2.45, 2.75) is 6.54 Å². The predicted octanol–water partition coefficient (Wildman–Crippen LogP) is 3.55. The first-order valence-corrected chi connectivity index (χ1v) is 7.90. The first kappa shape index (κ1) is 17.0. The molecule has 1 fully saturated rings. The van der Waals surface area contributed by atoms with E-state index < -0.39 is 4.92 Å². The Morgan fingerprint density at radius 3 is 2.40 bits per heavy atom. The second kappa shape index (κ2) is 7.82. The Hall–Kier alpha value is -2.84. The lowest BCUT2D eigenvalue weighted by molar-refractivity contribution is -0.384. The number of azo groups is 1. The first-order chi connectivity index (χ1) is 12.1. The molecule has 1 aliphatic rings. The van der Waals surface area contributed by atoms with Crippen LogP contribution in [-0.2, 0) is 11.3 Å². The lowest BCUT2D eigenvalue weighted by Gasteiger charge is -2.26.